The lowest BCUT2D eigenvalue weighted by Crippen LogP contribution is -2.49. The van der Waals surface area contributed by atoms with Crippen LogP contribution in [0, 0.1) is 0 Å². The van der Waals surface area contributed by atoms with Crippen molar-refractivity contribution < 1.29 is 0 Å². The van der Waals surface area contributed by atoms with Crippen LogP contribution in [0.1, 0.15) is 51.3 Å². The topological polar surface area (TPSA) is 29.0 Å². The maximum Gasteiger partial charge on any atom is 0.205 e. The number of thioether (sulfide) groups is 1. The molecule has 1 aliphatic carbocycles. The third-order valence-corrected chi connectivity index (χ3v) is 6.09. The lowest BCUT2D eigenvalue weighted by Gasteiger charge is -2.43. The summed E-state index contributed by atoms with van der Waals surface area (Å²) in [6.07, 6.45) is 5.53. The molecule has 1 aromatic rings. The standard InChI is InChI=1S/C13H21N3S2/c1-9(2)12-14-13(18-15-12)16-7-8-17-11-6-4-3-5-10(11)16/h9-11H,3-8H2,1-2H3. The van der Waals surface area contributed by atoms with Crippen molar-refractivity contribution in [3.05, 3.63) is 5.82 Å². The van der Waals surface area contributed by atoms with Crippen molar-refractivity contribution in [1.29, 1.82) is 0 Å². The molecule has 0 radical (unpaired) electrons. The third-order valence-electron chi connectivity index (χ3n) is 3.93. The minimum atomic E-state index is 0.441. The average molecular weight is 283 g/mol. The van der Waals surface area contributed by atoms with Gasteiger partial charge in [0.25, 0.3) is 0 Å². The summed E-state index contributed by atoms with van der Waals surface area (Å²) in [7, 11) is 0. The Morgan fingerprint density at radius 3 is 2.89 bits per heavy atom. The van der Waals surface area contributed by atoms with Gasteiger partial charge in [-0.15, -0.1) is 0 Å². The molecule has 2 atom stereocenters. The zero-order valence-corrected chi connectivity index (χ0v) is 12.8. The van der Waals surface area contributed by atoms with E-state index in [0.29, 0.717) is 12.0 Å². The number of nitrogens with zero attached hydrogens (tertiary/aromatic N) is 3. The van der Waals surface area contributed by atoms with Crippen molar-refractivity contribution in [2.24, 2.45) is 0 Å². The van der Waals surface area contributed by atoms with Crippen molar-refractivity contribution in [3.63, 3.8) is 0 Å². The van der Waals surface area contributed by atoms with Gasteiger partial charge in [-0.1, -0.05) is 26.7 Å². The Hall–Kier alpha value is -0.290. The van der Waals surface area contributed by atoms with Crippen LogP contribution in [0.3, 0.4) is 0 Å². The molecule has 2 fully saturated rings. The number of aromatic nitrogens is 2. The van der Waals surface area contributed by atoms with E-state index in [1.54, 1.807) is 11.5 Å². The molecule has 18 heavy (non-hydrogen) atoms. The fraction of sp³-hybridized carbons (Fsp3) is 0.846. The molecule has 3 nitrogen and oxygen atoms in total. The van der Waals surface area contributed by atoms with E-state index in [2.05, 4.69) is 34.9 Å². The first-order valence-corrected chi connectivity index (χ1v) is 8.80. The van der Waals surface area contributed by atoms with Crippen LogP contribution in [-0.2, 0) is 0 Å². The Balaban J connectivity index is 1.80. The fourth-order valence-electron chi connectivity index (χ4n) is 2.91. The van der Waals surface area contributed by atoms with Crippen LogP contribution >= 0.6 is 23.3 Å². The molecule has 0 spiro atoms. The van der Waals surface area contributed by atoms with Crippen molar-refractivity contribution in [2.75, 3.05) is 17.2 Å². The first-order chi connectivity index (χ1) is 8.75. The molecule has 1 aliphatic heterocycles. The SMILES string of the molecule is CC(C)c1nsc(N2CCSC3CCCCC32)n1. The first-order valence-electron chi connectivity index (χ1n) is 6.97. The van der Waals surface area contributed by atoms with Crippen molar-refractivity contribution in [2.45, 2.75) is 56.7 Å². The van der Waals surface area contributed by atoms with Crippen molar-refractivity contribution in [3.8, 4) is 0 Å². The summed E-state index contributed by atoms with van der Waals surface area (Å²) >= 11 is 3.77. The molecule has 3 rings (SSSR count). The van der Waals surface area contributed by atoms with Gasteiger partial charge in [-0.2, -0.15) is 16.1 Å². The molecule has 0 aromatic carbocycles. The van der Waals surface area contributed by atoms with Crippen molar-refractivity contribution in [1.82, 2.24) is 9.36 Å². The average Bonchev–Trinajstić information content (AvgIpc) is 2.87. The molecule has 2 aliphatic rings. The maximum absolute atomic E-state index is 4.75. The molecule has 1 saturated carbocycles. The minimum absolute atomic E-state index is 0.441. The predicted octanol–water partition coefficient (Wildman–Crippen LogP) is 3.53. The smallest absolute Gasteiger partial charge is 0.205 e. The summed E-state index contributed by atoms with van der Waals surface area (Å²) in [6.45, 7) is 5.49. The molecule has 100 valence electrons. The van der Waals surface area contributed by atoms with Crippen LogP contribution in [0.4, 0.5) is 5.13 Å². The van der Waals surface area contributed by atoms with E-state index in [-0.39, 0.29) is 0 Å². The van der Waals surface area contributed by atoms with Crippen molar-refractivity contribution >= 4 is 28.4 Å². The fourth-order valence-corrected chi connectivity index (χ4v) is 5.25. The molecular weight excluding hydrogens is 262 g/mol. The zero-order valence-electron chi connectivity index (χ0n) is 11.1. The molecule has 5 heteroatoms. The Bertz CT molecular complexity index is 403. The monoisotopic (exact) mass is 283 g/mol. The van der Waals surface area contributed by atoms with Crippen LogP contribution in [0.2, 0.25) is 0 Å². The van der Waals surface area contributed by atoms with Gasteiger partial charge in [0.1, 0.15) is 5.82 Å². The van der Waals surface area contributed by atoms with Crippen LogP contribution < -0.4 is 4.90 Å². The van der Waals surface area contributed by atoms with Gasteiger partial charge in [-0.25, -0.2) is 4.98 Å². The summed E-state index contributed by atoms with van der Waals surface area (Å²) in [5, 5.41) is 2.00. The quantitative estimate of drug-likeness (QED) is 0.830. The van der Waals surface area contributed by atoms with Crippen LogP contribution in [0.15, 0.2) is 0 Å². The lowest BCUT2D eigenvalue weighted by molar-refractivity contribution is 0.422. The van der Waals surface area contributed by atoms with E-state index in [4.69, 9.17) is 4.98 Å². The van der Waals surface area contributed by atoms with Gasteiger partial charge >= 0.3 is 0 Å². The predicted molar refractivity (Wildman–Crippen MR) is 79.8 cm³/mol. The molecule has 1 saturated heterocycles. The normalized spacial score (nSPS) is 28.5. The molecule has 0 N–H and O–H groups in total. The Morgan fingerprint density at radius 1 is 1.28 bits per heavy atom. The van der Waals surface area contributed by atoms with E-state index < -0.39 is 0 Å². The first kappa shape index (κ1) is 12.7. The van der Waals surface area contributed by atoms with E-state index in [1.165, 1.54) is 31.4 Å². The van der Waals surface area contributed by atoms with E-state index in [1.807, 2.05) is 0 Å². The van der Waals surface area contributed by atoms with Gasteiger partial charge in [0.15, 0.2) is 0 Å². The number of hydrogen-bond acceptors (Lipinski definition) is 5. The van der Waals surface area contributed by atoms with Gasteiger partial charge in [-0.3, -0.25) is 0 Å². The molecule has 0 amide bonds. The van der Waals surface area contributed by atoms with Gasteiger partial charge in [-0.05, 0) is 12.8 Å². The second-order valence-corrected chi connectivity index (χ2v) is 7.62. The Kier molecular flexibility index (Phi) is 3.80. The third kappa shape index (κ3) is 2.39. The minimum Gasteiger partial charge on any atom is -0.342 e. The largest absolute Gasteiger partial charge is 0.342 e. The Labute approximate surface area is 118 Å². The highest BCUT2D eigenvalue weighted by molar-refractivity contribution is 8.00. The van der Waals surface area contributed by atoms with Gasteiger partial charge in [0.2, 0.25) is 5.13 Å². The maximum atomic E-state index is 4.75. The summed E-state index contributed by atoms with van der Waals surface area (Å²) in [5.74, 6) is 2.70. The number of rotatable bonds is 2. The van der Waals surface area contributed by atoms with Gasteiger partial charge in [0.05, 0.1) is 0 Å². The summed E-state index contributed by atoms with van der Waals surface area (Å²) in [5.41, 5.74) is 0. The molecule has 2 heterocycles. The summed E-state index contributed by atoms with van der Waals surface area (Å²) in [4.78, 5) is 7.29. The lowest BCUT2D eigenvalue weighted by atomic mass is 9.93. The van der Waals surface area contributed by atoms with E-state index in [0.717, 1.165) is 22.8 Å². The van der Waals surface area contributed by atoms with Crippen LogP contribution in [0.5, 0.6) is 0 Å². The van der Waals surface area contributed by atoms with Crippen LogP contribution in [-0.4, -0.2) is 32.9 Å². The molecule has 0 bridgehead atoms. The Morgan fingerprint density at radius 2 is 2.11 bits per heavy atom. The number of fused-ring (bicyclic) bond motifs is 1. The summed E-state index contributed by atoms with van der Waals surface area (Å²) in [6, 6.07) is 0.713. The van der Waals surface area contributed by atoms with Gasteiger partial charge < -0.3 is 4.90 Å². The van der Waals surface area contributed by atoms with Gasteiger partial charge in [0, 0.05) is 41.0 Å². The second-order valence-electron chi connectivity index (χ2n) is 5.54. The van der Waals surface area contributed by atoms with E-state index >= 15 is 0 Å². The molecular formula is C13H21N3S2. The molecule has 2 unspecified atom stereocenters. The molecule has 1 aromatic heterocycles. The highest BCUT2D eigenvalue weighted by Gasteiger charge is 2.35. The van der Waals surface area contributed by atoms with Crippen LogP contribution in [0.25, 0.3) is 0 Å². The zero-order chi connectivity index (χ0) is 12.5. The number of hydrogen-bond donors (Lipinski definition) is 0. The second kappa shape index (κ2) is 5.37. The number of anilines is 1. The highest BCUT2D eigenvalue weighted by Crippen LogP contribution is 2.38. The summed E-state index contributed by atoms with van der Waals surface area (Å²) < 4.78 is 4.51. The highest BCUT2D eigenvalue weighted by atomic mass is 32.2. The van der Waals surface area contributed by atoms with E-state index in [9.17, 15) is 0 Å².